The minimum absolute atomic E-state index is 0. The zero-order chi connectivity index (χ0) is 18.3. The van der Waals surface area contributed by atoms with Gasteiger partial charge in [-0.05, 0) is 43.4 Å². The van der Waals surface area contributed by atoms with Crippen LogP contribution < -0.4 is 5.32 Å². The van der Waals surface area contributed by atoms with Gasteiger partial charge in [0.25, 0.3) is 0 Å². The molecule has 3 N–H and O–H groups in total. The molecule has 0 spiro atoms. The van der Waals surface area contributed by atoms with Crippen molar-refractivity contribution in [3.63, 3.8) is 0 Å². The van der Waals surface area contributed by atoms with Crippen LogP contribution in [-0.2, 0) is 4.57 Å². The van der Waals surface area contributed by atoms with E-state index >= 15 is 0 Å². The van der Waals surface area contributed by atoms with Crippen molar-refractivity contribution in [1.29, 1.82) is 5.26 Å². The number of aliphatic hydroxyl groups excluding tert-OH is 1. The second-order valence-electron chi connectivity index (χ2n) is 7.23. The normalized spacial score (nSPS) is 19.6. The van der Waals surface area contributed by atoms with E-state index in [2.05, 4.69) is 11.4 Å². The fourth-order valence-electron chi connectivity index (χ4n) is 3.52. The molecule has 2 rings (SSSR count). The highest BCUT2D eigenvalue weighted by Gasteiger charge is 2.28. The van der Waals surface area contributed by atoms with Crippen molar-refractivity contribution in [3.05, 3.63) is 35.4 Å². The number of halogens is 1. The minimum Gasteiger partial charge on any atom is -0.391 e. The Morgan fingerprint density at radius 3 is 2.46 bits per heavy atom. The van der Waals surface area contributed by atoms with Crippen molar-refractivity contribution in [2.24, 2.45) is 5.92 Å². The molecule has 0 aliphatic heterocycles. The van der Waals surface area contributed by atoms with Gasteiger partial charge in [0, 0.05) is 18.7 Å². The van der Waals surface area contributed by atoms with Crippen LogP contribution in [0.25, 0.3) is 0 Å². The topological polar surface area (TPSA) is 93.3 Å². The summed E-state index contributed by atoms with van der Waals surface area (Å²) in [7, 11) is -3.29. The molecule has 1 unspecified atom stereocenters. The van der Waals surface area contributed by atoms with E-state index in [1.165, 1.54) is 6.42 Å². The maximum atomic E-state index is 12.4. The first-order chi connectivity index (χ1) is 11.9. The third-order valence-electron chi connectivity index (χ3n) is 4.96. The number of rotatable bonds is 8. The Morgan fingerprint density at radius 2 is 1.88 bits per heavy atom. The van der Waals surface area contributed by atoms with Crippen molar-refractivity contribution in [2.45, 2.75) is 51.2 Å². The molecule has 0 aromatic heterocycles. The maximum absolute atomic E-state index is 12.4. The third-order valence-corrected chi connectivity index (χ3v) is 7.04. The third kappa shape index (κ3) is 7.90. The summed E-state index contributed by atoms with van der Waals surface area (Å²) in [4.78, 5) is 10.2. The van der Waals surface area contributed by atoms with Crippen LogP contribution in [0.5, 0.6) is 0 Å². The lowest BCUT2D eigenvalue weighted by Gasteiger charge is -2.25. The second kappa shape index (κ2) is 11.2. The molecular formula is C19H30BrN2O3P. The summed E-state index contributed by atoms with van der Waals surface area (Å²) in [5, 5.41) is 22.2. The van der Waals surface area contributed by atoms with Crippen LogP contribution >= 0.6 is 24.4 Å². The van der Waals surface area contributed by atoms with E-state index < -0.39 is 13.5 Å². The number of nitriles is 1. The maximum Gasteiger partial charge on any atom is 0.203 e. The zero-order valence-electron chi connectivity index (χ0n) is 15.3. The van der Waals surface area contributed by atoms with Gasteiger partial charge in [-0.2, -0.15) is 5.26 Å². The van der Waals surface area contributed by atoms with Gasteiger partial charge in [0.05, 0.1) is 23.9 Å². The molecule has 5 nitrogen and oxygen atoms in total. The Balaban J connectivity index is 0.00000338. The van der Waals surface area contributed by atoms with Crippen LogP contribution in [0.2, 0.25) is 0 Å². The van der Waals surface area contributed by atoms with E-state index in [9.17, 15) is 14.6 Å². The molecule has 1 aliphatic carbocycles. The molecule has 7 heteroatoms. The van der Waals surface area contributed by atoms with Crippen LogP contribution in [0.1, 0.15) is 56.2 Å². The second-order valence-corrected chi connectivity index (χ2v) is 9.66. The molecule has 1 aromatic rings. The lowest BCUT2D eigenvalue weighted by Crippen LogP contribution is -2.32. The van der Waals surface area contributed by atoms with Gasteiger partial charge in [-0.3, -0.25) is 4.57 Å². The minimum atomic E-state index is -3.29. The SMILES string of the molecule is Br.C[C@@H](NC[C@@H](O)CP(=O)(O)CC1CCCCC1)c1ccc(C#N)cc1. The van der Waals surface area contributed by atoms with Gasteiger partial charge in [0.15, 0.2) is 0 Å². The summed E-state index contributed by atoms with van der Waals surface area (Å²) in [5.74, 6) is 0.335. The highest BCUT2D eigenvalue weighted by Crippen LogP contribution is 2.45. The average Bonchev–Trinajstić information content (AvgIpc) is 2.59. The Bertz CT molecular complexity index is 627. The average molecular weight is 445 g/mol. The summed E-state index contributed by atoms with van der Waals surface area (Å²) in [5.41, 5.74) is 1.63. The molecule has 0 radical (unpaired) electrons. The van der Waals surface area contributed by atoms with Gasteiger partial charge in [0.1, 0.15) is 0 Å². The molecule has 1 saturated carbocycles. The van der Waals surface area contributed by atoms with Crippen molar-refractivity contribution in [3.8, 4) is 6.07 Å². The van der Waals surface area contributed by atoms with Crippen molar-refractivity contribution >= 4 is 24.4 Å². The predicted molar refractivity (Wildman–Crippen MR) is 110 cm³/mol. The Hall–Kier alpha value is -0.700. The van der Waals surface area contributed by atoms with Gasteiger partial charge >= 0.3 is 0 Å². The van der Waals surface area contributed by atoms with Crippen LogP contribution in [0.4, 0.5) is 0 Å². The quantitative estimate of drug-likeness (QED) is 0.526. The van der Waals surface area contributed by atoms with E-state index in [-0.39, 0.29) is 35.7 Å². The van der Waals surface area contributed by atoms with E-state index in [0.717, 1.165) is 31.2 Å². The number of benzene rings is 1. The Morgan fingerprint density at radius 1 is 1.27 bits per heavy atom. The summed E-state index contributed by atoms with van der Waals surface area (Å²) in [6.45, 7) is 2.24. The molecule has 1 aromatic carbocycles. The van der Waals surface area contributed by atoms with Crippen LogP contribution in [0.15, 0.2) is 24.3 Å². The number of hydrogen-bond acceptors (Lipinski definition) is 4. The molecule has 0 bridgehead atoms. The molecule has 3 atom stereocenters. The van der Waals surface area contributed by atoms with Crippen LogP contribution in [0, 0.1) is 17.2 Å². The lowest BCUT2D eigenvalue weighted by atomic mass is 9.91. The predicted octanol–water partition coefficient (Wildman–Crippen LogP) is 4.00. The van der Waals surface area contributed by atoms with Gasteiger partial charge in [-0.25, -0.2) is 0 Å². The van der Waals surface area contributed by atoms with Crippen molar-refractivity contribution in [2.75, 3.05) is 18.9 Å². The van der Waals surface area contributed by atoms with Crippen molar-refractivity contribution in [1.82, 2.24) is 5.32 Å². The van der Waals surface area contributed by atoms with Crippen LogP contribution in [-0.4, -0.2) is 35.0 Å². The summed E-state index contributed by atoms with van der Waals surface area (Å²) >= 11 is 0. The Labute approximate surface area is 167 Å². The zero-order valence-corrected chi connectivity index (χ0v) is 17.9. The first-order valence-electron chi connectivity index (χ1n) is 9.12. The lowest BCUT2D eigenvalue weighted by molar-refractivity contribution is 0.186. The summed E-state index contributed by atoms with van der Waals surface area (Å²) in [6.07, 6.45) is 5.06. The molecule has 0 saturated heterocycles. The van der Waals surface area contributed by atoms with Crippen molar-refractivity contribution < 1.29 is 14.6 Å². The smallest absolute Gasteiger partial charge is 0.203 e. The van der Waals surface area contributed by atoms with Crippen LogP contribution in [0.3, 0.4) is 0 Å². The fraction of sp³-hybridized carbons (Fsp3) is 0.632. The fourth-order valence-corrected chi connectivity index (χ4v) is 5.63. The molecule has 1 aliphatic rings. The van der Waals surface area contributed by atoms with Gasteiger partial charge < -0.3 is 15.3 Å². The molecule has 0 heterocycles. The molecule has 0 amide bonds. The van der Waals surface area contributed by atoms with E-state index in [1.54, 1.807) is 12.1 Å². The molecule has 26 heavy (non-hydrogen) atoms. The first kappa shape index (κ1) is 23.3. The van der Waals surface area contributed by atoms with E-state index in [1.807, 2.05) is 19.1 Å². The van der Waals surface area contributed by atoms with E-state index in [4.69, 9.17) is 5.26 Å². The van der Waals surface area contributed by atoms with Gasteiger partial charge in [-0.15, -0.1) is 17.0 Å². The monoisotopic (exact) mass is 444 g/mol. The molecule has 1 fully saturated rings. The number of hydrogen-bond donors (Lipinski definition) is 3. The first-order valence-corrected chi connectivity index (χ1v) is 11.1. The summed E-state index contributed by atoms with van der Waals surface area (Å²) in [6, 6.07) is 9.36. The van der Waals surface area contributed by atoms with Gasteiger partial charge in [-0.1, -0.05) is 31.4 Å². The number of nitrogens with zero attached hydrogens (tertiary/aromatic N) is 1. The molecular weight excluding hydrogens is 415 g/mol. The largest absolute Gasteiger partial charge is 0.391 e. The van der Waals surface area contributed by atoms with Gasteiger partial charge in [0.2, 0.25) is 7.37 Å². The highest BCUT2D eigenvalue weighted by atomic mass is 79.9. The number of nitrogens with one attached hydrogen (secondary N) is 1. The van der Waals surface area contributed by atoms with E-state index in [0.29, 0.717) is 17.6 Å². The Kier molecular flexibility index (Phi) is 10.1. The molecule has 146 valence electrons. The standard InChI is InChI=1S/C19H29N2O3P.BrH/c1-15(18-9-7-16(11-20)8-10-18)21-12-19(22)14-25(23,24)13-17-5-3-2-4-6-17;/h7-10,15,17,19,21-22H,2-6,12-14H2,1H3,(H,23,24);1H/t15-,19-;/m1./s1. The number of aliphatic hydroxyl groups is 1. The summed E-state index contributed by atoms with van der Waals surface area (Å²) < 4.78 is 12.4. The highest BCUT2D eigenvalue weighted by molar-refractivity contribution is 8.93.